The van der Waals surface area contributed by atoms with E-state index in [2.05, 4.69) is 53.9 Å². The van der Waals surface area contributed by atoms with Crippen molar-refractivity contribution in [2.45, 2.75) is 44.2 Å². The van der Waals surface area contributed by atoms with Gasteiger partial charge < -0.3 is 15.3 Å². The van der Waals surface area contributed by atoms with Gasteiger partial charge in [0.1, 0.15) is 0 Å². The summed E-state index contributed by atoms with van der Waals surface area (Å²) >= 11 is 0. The lowest BCUT2D eigenvalue weighted by Crippen LogP contribution is -2.47. The lowest BCUT2D eigenvalue weighted by atomic mass is 9.93. The first kappa shape index (κ1) is 17.1. The van der Waals surface area contributed by atoms with Gasteiger partial charge in [0.15, 0.2) is 0 Å². The Bertz CT molecular complexity index is 817. The lowest BCUT2D eigenvalue weighted by molar-refractivity contribution is 0.115. The van der Waals surface area contributed by atoms with Gasteiger partial charge in [-0.05, 0) is 54.0 Å². The third-order valence-electron chi connectivity index (χ3n) is 5.66. The van der Waals surface area contributed by atoms with Crippen LogP contribution in [0.25, 0.3) is 16.3 Å². The smallest absolute Gasteiger partial charge is 0.317 e. The molecule has 0 atom stereocenters. The van der Waals surface area contributed by atoms with Crippen molar-refractivity contribution in [1.29, 1.82) is 0 Å². The number of urea groups is 1. The second kappa shape index (κ2) is 7.50. The molecule has 4 rings (SSSR count). The summed E-state index contributed by atoms with van der Waals surface area (Å²) in [7, 11) is 0. The molecule has 0 aromatic heterocycles. The van der Waals surface area contributed by atoms with Crippen molar-refractivity contribution in [3.63, 3.8) is 0 Å². The number of amides is 2. The average Bonchev–Trinajstić information content (AvgIpc) is 2.69. The number of aliphatic hydroxyl groups is 1. The van der Waals surface area contributed by atoms with Crippen LogP contribution >= 0.6 is 0 Å². The van der Waals surface area contributed by atoms with Crippen LogP contribution in [0.4, 0.5) is 4.79 Å². The number of benzene rings is 2. The van der Waals surface area contributed by atoms with Gasteiger partial charge in [-0.2, -0.15) is 0 Å². The number of aliphatic hydroxyl groups excluding tert-OH is 1. The highest BCUT2D eigenvalue weighted by Gasteiger charge is 2.24. The van der Waals surface area contributed by atoms with Gasteiger partial charge in [0.25, 0.3) is 0 Å². The van der Waals surface area contributed by atoms with Gasteiger partial charge in [-0.25, -0.2) is 4.79 Å². The van der Waals surface area contributed by atoms with Gasteiger partial charge in [0, 0.05) is 19.1 Å². The largest absolute Gasteiger partial charge is 0.393 e. The molecule has 2 aromatic rings. The molecule has 0 bridgehead atoms. The normalized spacial score (nSPS) is 23.6. The summed E-state index contributed by atoms with van der Waals surface area (Å²) in [5.74, 6) is 0. The molecule has 0 saturated heterocycles. The highest BCUT2D eigenvalue weighted by atomic mass is 16.3. The Morgan fingerprint density at radius 1 is 1.04 bits per heavy atom. The van der Waals surface area contributed by atoms with E-state index in [1.807, 2.05) is 4.90 Å². The van der Waals surface area contributed by atoms with E-state index < -0.39 is 0 Å². The minimum Gasteiger partial charge on any atom is -0.393 e. The topological polar surface area (TPSA) is 52.6 Å². The third kappa shape index (κ3) is 3.61. The number of carbonyl (C=O) groups is 1. The minimum atomic E-state index is -0.190. The van der Waals surface area contributed by atoms with Crippen molar-refractivity contribution in [2.24, 2.45) is 0 Å². The van der Waals surface area contributed by atoms with E-state index in [0.717, 1.165) is 38.6 Å². The molecule has 1 fully saturated rings. The lowest BCUT2D eigenvalue weighted by Gasteiger charge is -2.31. The fraction of sp³-hybridized carbons (Fsp3) is 0.409. The molecular formula is C22H26N2O2. The van der Waals surface area contributed by atoms with Gasteiger partial charge >= 0.3 is 6.03 Å². The molecule has 136 valence electrons. The van der Waals surface area contributed by atoms with E-state index in [-0.39, 0.29) is 18.2 Å². The maximum atomic E-state index is 12.5. The Morgan fingerprint density at radius 2 is 1.81 bits per heavy atom. The van der Waals surface area contributed by atoms with Gasteiger partial charge in [-0.3, -0.25) is 0 Å². The van der Waals surface area contributed by atoms with E-state index in [4.69, 9.17) is 0 Å². The molecule has 1 aliphatic carbocycles. The Balaban J connectivity index is 1.42. The molecule has 2 aromatic carbocycles. The van der Waals surface area contributed by atoms with Crippen LogP contribution in [0, 0.1) is 0 Å². The van der Waals surface area contributed by atoms with Crippen molar-refractivity contribution in [3.05, 3.63) is 54.1 Å². The summed E-state index contributed by atoms with van der Waals surface area (Å²) in [6.07, 6.45) is 6.20. The zero-order chi connectivity index (χ0) is 17.9. The SMILES string of the molecule is O=C(NC1CCC(O)CC1)N1CC=C(c2cccc3ccccc23)CC1. The van der Waals surface area contributed by atoms with Gasteiger partial charge in [-0.15, -0.1) is 0 Å². The minimum absolute atomic E-state index is 0.0274. The summed E-state index contributed by atoms with van der Waals surface area (Å²) in [4.78, 5) is 14.4. The van der Waals surface area contributed by atoms with Crippen LogP contribution in [-0.2, 0) is 0 Å². The maximum absolute atomic E-state index is 12.5. The number of hydrogen-bond acceptors (Lipinski definition) is 2. The molecular weight excluding hydrogens is 324 g/mol. The number of nitrogens with one attached hydrogen (secondary N) is 1. The highest BCUT2D eigenvalue weighted by Crippen LogP contribution is 2.29. The maximum Gasteiger partial charge on any atom is 0.317 e. The number of rotatable bonds is 2. The van der Waals surface area contributed by atoms with Crippen molar-refractivity contribution >= 4 is 22.4 Å². The molecule has 0 unspecified atom stereocenters. The molecule has 0 radical (unpaired) electrons. The Labute approximate surface area is 154 Å². The van der Waals surface area contributed by atoms with Crippen molar-refractivity contribution in [3.8, 4) is 0 Å². The molecule has 4 heteroatoms. The number of fused-ring (bicyclic) bond motifs is 1. The number of nitrogens with zero attached hydrogens (tertiary/aromatic N) is 1. The van der Waals surface area contributed by atoms with Crippen LogP contribution in [0.2, 0.25) is 0 Å². The third-order valence-corrected chi connectivity index (χ3v) is 5.66. The summed E-state index contributed by atoms with van der Waals surface area (Å²) in [5, 5.41) is 15.3. The summed E-state index contributed by atoms with van der Waals surface area (Å²) in [6, 6.07) is 15.1. The van der Waals surface area contributed by atoms with Crippen LogP contribution in [0.15, 0.2) is 48.5 Å². The number of hydrogen-bond donors (Lipinski definition) is 2. The summed E-state index contributed by atoms with van der Waals surface area (Å²) in [6.45, 7) is 1.40. The zero-order valence-electron chi connectivity index (χ0n) is 15.0. The van der Waals surface area contributed by atoms with E-state index in [1.165, 1.54) is 21.9 Å². The van der Waals surface area contributed by atoms with Crippen LogP contribution in [-0.4, -0.2) is 41.3 Å². The molecule has 4 nitrogen and oxygen atoms in total. The van der Waals surface area contributed by atoms with Crippen LogP contribution in [0.5, 0.6) is 0 Å². The highest BCUT2D eigenvalue weighted by molar-refractivity contribution is 5.94. The van der Waals surface area contributed by atoms with Crippen LogP contribution in [0.1, 0.15) is 37.7 Å². The first-order chi connectivity index (χ1) is 12.7. The number of carbonyl (C=O) groups excluding carboxylic acids is 1. The standard InChI is InChI=1S/C22H26N2O2/c25-19-10-8-18(9-11-19)23-22(26)24-14-12-17(13-15-24)21-7-3-5-16-4-1-2-6-20(16)21/h1-7,12,18-19,25H,8-11,13-15H2,(H,23,26). The molecule has 2 amide bonds. The molecule has 1 heterocycles. The monoisotopic (exact) mass is 350 g/mol. The van der Waals surface area contributed by atoms with E-state index >= 15 is 0 Å². The van der Waals surface area contributed by atoms with Gasteiger partial charge in [0.05, 0.1) is 6.10 Å². The van der Waals surface area contributed by atoms with E-state index in [1.54, 1.807) is 0 Å². The van der Waals surface area contributed by atoms with Crippen LogP contribution in [0.3, 0.4) is 0 Å². The molecule has 26 heavy (non-hydrogen) atoms. The second-order valence-electron chi connectivity index (χ2n) is 7.41. The van der Waals surface area contributed by atoms with Gasteiger partial charge in [0.2, 0.25) is 0 Å². The van der Waals surface area contributed by atoms with Crippen LogP contribution < -0.4 is 5.32 Å². The Hall–Kier alpha value is -2.33. The first-order valence-electron chi connectivity index (χ1n) is 9.61. The average molecular weight is 350 g/mol. The molecule has 1 aliphatic heterocycles. The van der Waals surface area contributed by atoms with Crippen molar-refractivity contribution in [1.82, 2.24) is 10.2 Å². The predicted octanol–water partition coefficient (Wildman–Crippen LogP) is 3.94. The molecule has 1 saturated carbocycles. The van der Waals surface area contributed by atoms with Crippen molar-refractivity contribution in [2.75, 3.05) is 13.1 Å². The molecule has 2 N–H and O–H groups in total. The summed E-state index contributed by atoms with van der Waals surface area (Å²) in [5.41, 5.74) is 2.61. The fourth-order valence-electron chi connectivity index (χ4n) is 4.09. The Kier molecular flexibility index (Phi) is 4.93. The second-order valence-corrected chi connectivity index (χ2v) is 7.41. The van der Waals surface area contributed by atoms with Crippen molar-refractivity contribution < 1.29 is 9.90 Å². The van der Waals surface area contributed by atoms with E-state index in [0.29, 0.717) is 6.54 Å². The molecule has 2 aliphatic rings. The van der Waals surface area contributed by atoms with E-state index in [9.17, 15) is 9.90 Å². The predicted molar refractivity (Wildman–Crippen MR) is 105 cm³/mol. The Morgan fingerprint density at radius 3 is 2.58 bits per heavy atom. The summed E-state index contributed by atoms with van der Waals surface area (Å²) < 4.78 is 0. The first-order valence-corrected chi connectivity index (χ1v) is 9.61. The quantitative estimate of drug-likeness (QED) is 0.862. The fourth-order valence-corrected chi connectivity index (χ4v) is 4.09. The van der Waals surface area contributed by atoms with Gasteiger partial charge in [-0.1, -0.05) is 48.5 Å². The molecule has 0 spiro atoms. The zero-order valence-corrected chi connectivity index (χ0v) is 15.0.